The zero-order valence-electron chi connectivity index (χ0n) is 14.7. The molecule has 0 atom stereocenters. The van der Waals surface area contributed by atoms with Crippen LogP contribution in [0.5, 0.6) is 0 Å². The Labute approximate surface area is 156 Å². The van der Waals surface area contributed by atoms with Gasteiger partial charge in [0.2, 0.25) is 0 Å². The van der Waals surface area contributed by atoms with Gasteiger partial charge in [0.05, 0.1) is 5.69 Å². The number of benzene rings is 1. The van der Waals surface area contributed by atoms with Crippen LogP contribution in [0.15, 0.2) is 29.6 Å². The molecule has 26 heavy (non-hydrogen) atoms. The maximum absolute atomic E-state index is 11.3. The van der Waals surface area contributed by atoms with Crippen molar-refractivity contribution in [1.82, 2.24) is 10.0 Å². The Morgan fingerprint density at radius 1 is 1.38 bits per heavy atom. The van der Waals surface area contributed by atoms with Crippen LogP contribution in [-0.2, 0) is 9.63 Å². The molecule has 0 aliphatic carbocycles. The lowest BCUT2D eigenvalue weighted by molar-refractivity contribution is -0.194. The lowest BCUT2D eigenvalue weighted by Crippen LogP contribution is -2.40. The van der Waals surface area contributed by atoms with E-state index >= 15 is 0 Å². The van der Waals surface area contributed by atoms with E-state index in [0.717, 1.165) is 42.3 Å². The standard InChI is InChI=1S/C18H23N5O2S/c1-2-16(24)25-23-9-7-14(8-10-23)21-18-22-15(11-26-18)12-3-5-13(6-4-12)17(19)20/h3-6,11,14H,2,7-10H2,1H3,(H3,19,20)(H,21,22). The number of nitrogens with one attached hydrogen (secondary N) is 2. The van der Waals surface area contributed by atoms with Gasteiger partial charge in [-0.1, -0.05) is 31.2 Å². The van der Waals surface area contributed by atoms with Crippen molar-refractivity contribution in [1.29, 1.82) is 5.41 Å². The van der Waals surface area contributed by atoms with Crippen molar-refractivity contribution >= 4 is 28.3 Å². The van der Waals surface area contributed by atoms with Crippen LogP contribution in [0.3, 0.4) is 0 Å². The zero-order valence-corrected chi connectivity index (χ0v) is 15.5. The second-order valence-electron chi connectivity index (χ2n) is 6.19. The van der Waals surface area contributed by atoms with Gasteiger partial charge >= 0.3 is 5.97 Å². The molecule has 1 aromatic carbocycles. The molecule has 4 N–H and O–H groups in total. The molecule has 8 heteroatoms. The van der Waals surface area contributed by atoms with E-state index in [1.807, 2.05) is 29.6 Å². The van der Waals surface area contributed by atoms with Gasteiger partial charge in [-0.3, -0.25) is 10.2 Å². The molecule has 0 radical (unpaired) electrons. The van der Waals surface area contributed by atoms with Crippen LogP contribution in [0.4, 0.5) is 5.13 Å². The summed E-state index contributed by atoms with van der Waals surface area (Å²) in [4.78, 5) is 21.3. The van der Waals surface area contributed by atoms with Gasteiger partial charge in [0, 0.05) is 42.1 Å². The smallest absolute Gasteiger partial charge is 0.324 e. The average Bonchev–Trinajstić information content (AvgIpc) is 3.12. The minimum Gasteiger partial charge on any atom is -0.384 e. The highest BCUT2D eigenvalue weighted by molar-refractivity contribution is 7.14. The lowest BCUT2D eigenvalue weighted by atomic mass is 10.1. The summed E-state index contributed by atoms with van der Waals surface area (Å²) in [5.41, 5.74) is 8.10. The number of thiazole rings is 1. The summed E-state index contributed by atoms with van der Waals surface area (Å²) in [5.74, 6) is -0.120. The number of aromatic nitrogens is 1. The molecule has 0 bridgehead atoms. The van der Waals surface area contributed by atoms with Crippen molar-refractivity contribution in [3.05, 3.63) is 35.2 Å². The fraction of sp³-hybridized carbons (Fsp3) is 0.389. The Kier molecular flexibility index (Phi) is 5.85. The quantitative estimate of drug-likeness (QED) is 0.531. The molecular weight excluding hydrogens is 350 g/mol. The van der Waals surface area contributed by atoms with Gasteiger partial charge in [0.15, 0.2) is 5.13 Å². The van der Waals surface area contributed by atoms with Crippen molar-refractivity contribution in [3.63, 3.8) is 0 Å². The van der Waals surface area contributed by atoms with Crippen molar-refractivity contribution in [2.24, 2.45) is 5.73 Å². The van der Waals surface area contributed by atoms with E-state index < -0.39 is 0 Å². The number of nitrogens with zero attached hydrogens (tertiary/aromatic N) is 2. The van der Waals surface area contributed by atoms with Gasteiger partial charge in [-0.05, 0) is 12.8 Å². The molecule has 1 fully saturated rings. The monoisotopic (exact) mass is 373 g/mol. The summed E-state index contributed by atoms with van der Waals surface area (Å²) in [6.07, 6.45) is 2.20. The highest BCUT2D eigenvalue weighted by atomic mass is 32.1. The van der Waals surface area contributed by atoms with E-state index in [4.69, 9.17) is 16.0 Å². The predicted molar refractivity (Wildman–Crippen MR) is 103 cm³/mol. The Balaban J connectivity index is 1.54. The third-order valence-electron chi connectivity index (χ3n) is 4.30. The van der Waals surface area contributed by atoms with E-state index in [9.17, 15) is 4.79 Å². The topological polar surface area (TPSA) is 104 Å². The maximum Gasteiger partial charge on any atom is 0.324 e. The fourth-order valence-electron chi connectivity index (χ4n) is 2.77. The number of anilines is 1. The molecule has 2 aromatic rings. The number of carbonyl (C=O) groups is 1. The third-order valence-corrected chi connectivity index (χ3v) is 5.07. The van der Waals surface area contributed by atoms with Gasteiger partial charge in [-0.25, -0.2) is 4.98 Å². The van der Waals surface area contributed by atoms with Crippen LogP contribution in [-0.4, -0.2) is 41.0 Å². The molecule has 138 valence electrons. The Hall–Kier alpha value is -2.45. The second-order valence-corrected chi connectivity index (χ2v) is 7.05. The number of nitrogen functional groups attached to an aromatic ring is 1. The summed E-state index contributed by atoms with van der Waals surface area (Å²) in [7, 11) is 0. The number of piperidine rings is 1. The predicted octanol–water partition coefficient (Wildman–Crippen LogP) is 2.84. The molecule has 1 aliphatic rings. The van der Waals surface area contributed by atoms with Gasteiger partial charge in [-0.2, -0.15) is 0 Å². The molecule has 3 rings (SSSR count). The highest BCUT2D eigenvalue weighted by Gasteiger charge is 2.22. The van der Waals surface area contributed by atoms with Crippen LogP contribution < -0.4 is 11.1 Å². The van der Waals surface area contributed by atoms with Crippen molar-refractivity contribution in [2.45, 2.75) is 32.2 Å². The van der Waals surface area contributed by atoms with Gasteiger partial charge in [0.25, 0.3) is 0 Å². The number of nitrogens with two attached hydrogens (primary N) is 1. The molecule has 0 amide bonds. The maximum atomic E-state index is 11.3. The highest BCUT2D eigenvalue weighted by Crippen LogP contribution is 2.27. The van der Waals surface area contributed by atoms with Gasteiger partial charge in [0.1, 0.15) is 5.84 Å². The van der Waals surface area contributed by atoms with Crippen LogP contribution >= 0.6 is 11.3 Å². The first kappa shape index (κ1) is 18.3. The summed E-state index contributed by atoms with van der Waals surface area (Å²) >= 11 is 1.58. The zero-order chi connectivity index (χ0) is 18.5. The number of carbonyl (C=O) groups excluding carboxylic acids is 1. The summed E-state index contributed by atoms with van der Waals surface area (Å²) in [5, 5.41) is 15.6. The largest absolute Gasteiger partial charge is 0.384 e. The Morgan fingerprint density at radius 2 is 2.08 bits per heavy atom. The normalized spacial score (nSPS) is 15.6. The van der Waals surface area contributed by atoms with E-state index in [1.54, 1.807) is 23.3 Å². The molecule has 2 heterocycles. The summed E-state index contributed by atoms with van der Waals surface area (Å²) < 4.78 is 0. The van der Waals surface area contributed by atoms with Crippen molar-refractivity contribution in [3.8, 4) is 11.3 Å². The molecule has 0 unspecified atom stereocenters. The number of hydroxylamine groups is 2. The van der Waals surface area contributed by atoms with Crippen LogP contribution in [0.1, 0.15) is 31.7 Å². The minimum atomic E-state index is -0.184. The van der Waals surface area contributed by atoms with Crippen LogP contribution in [0.2, 0.25) is 0 Å². The molecule has 1 saturated heterocycles. The van der Waals surface area contributed by atoms with Crippen molar-refractivity contribution < 1.29 is 9.63 Å². The molecule has 0 spiro atoms. The Bertz CT molecular complexity index is 766. The third kappa shape index (κ3) is 4.59. The van der Waals surface area contributed by atoms with E-state index in [-0.39, 0.29) is 11.8 Å². The van der Waals surface area contributed by atoms with Crippen LogP contribution in [0, 0.1) is 5.41 Å². The molecule has 1 aromatic heterocycles. The van der Waals surface area contributed by atoms with Gasteiger partial charge in [-0.15, -0.1) is 16.4 Å². The number of hydrogen-bond acceptors (Lipinski definition) is 7. The molecule has 0 saturated carbocycles. The van der Waals surface area contributed by atoms with E-state index in [1.165, 1.54) is 0 Å². The average molecular weight is 373 g/mol. The summed E-state index contributed by atoms with van der Waals surface area (Å²) in [6.45, 7) is 3.26. The molecular formula is C18H23N5O2S. The fourth-order valence-corrected chi connectivity index (χ4v) is 3.57. The first-order valence-corrected chi connectivity index (χ1v) is 9.55. The van der Waals surface area contributed by atoms with Gasteiger partial charge < -0.3 is 15.9 Å². The van der Waals surface area contributed by atoms with Crippen LogP contribution in [0.25, 0.3) is 11.3 Å². The molecule has 7 nitrogen and oxygen atoms in total. The lowest BCUT2D eigenvalue weighted by Gasteiger charge is -2.30. The SMILES string of the molecule is CCC(=O)ON1CCC(Nc2nc(-c3ccc(C(=N)N)cc3)cs2)CC1. The van der Waals surface area contributed by atoms with E-state index in [0.29, 0.717) is 18.0 Å². The van der Waals surface area contributed by atoms with E-state index in [2.05, 4.69) is 10.3 Å². The second kappa shape index (κ2) is 8.29. The first-order chi connectivity index (χ1) is 12.5. The Morgan fingerprint density at radius 3 is 2.69 bits per heavy atom. The number of amidine groups is 1. The minimum absolute atomic E-state index is 0.0631. The number of hydrogen-bond donors (Lipinski definition) is 3. The molecule has 1 aliphatic heterocycles. The first-order valence-electron chi connectivity index (χ1n) is 8.67. The number of rotatable bonds is 6. The summed E-state index contributed by atoms with van der Waals surface area (Å²) in [6, 6.07) is 7.84. The van der Waals surface area contributed by atoms with Crippen molar-refractivity contribution in [2.75, 3.05) is 18.4 Å².